The van der Waals surface area contributed by atoms with E-state index in [0.717, 1.165) is 5.56 Å². The number of carbonyl (C=O) groups excluding carboxylic acids is 1. The van der Waals surface area contributed by atoms with Gasteiger partial charge in [-0.2, -0.15) is 0 Å². The predicted octanol–water partition coefficient (Wildman–Crippen LogP) is 2.26. The number of ether oxygens (including phenoxy) is 1. The Bertz CT molecular complexity index is 856. The number of aliphatic hydroxyl groups is 1. The first-order valence-corrected chi connectivity index (χ1v) is 9.44. The summed E-state index contributed by atoms with van der Waals surface area (Å²) < 4.78 is 6.47. The highest BCUT2D eigenvalue weighted by atomic mass is 16.5. The molecule has 1 amide bonds. The standard InChI is InChI=1S/C21H24N2O4/c24-16-13-18(15-5-2-1-3-6-15)27-21(14-16)9-11-23(12-10-21)20(26)17-7-4-8-19(25)22-17/h1-8,16,18,24H,9-14H2,(H,22,25)/t16-,18+/m0/s1. The van der Waals surface area contributed by atoms with Crippen LogP contribution in [-0.2, 0) is 4.74 Å². The second-order valence-electron chi connectivity index (χ2n) is 7.51. The average molecular weight is 368 g/mol. The Kier molecular flexibility index (Phi) is 4.85. The molecule has 1 aromatic heterocycles. The van der Waals surface area contributed by atoms with Gasteiger partial charge < -0.3 is 19.7 Å². The molecule has 2 aromatic rings. The maximum absolute atomic E-state index is 12.6. The monoisotopic (exact) mass is 368 g/mol. The van der Waals surface area contributed by atoms with Crippen molar-refractivity contribution in [1.29, 1.82) is 0 Å². The summed E-state index contributed by atoms with van der Waals surface area (Å²) in [5, 5.41) is 10.4. The van der Waals surface area contributed by atoms with Gasteiger partial charge in [0.05, 0.1) is 17.8 Å². The summed E-state index contributed by atoms with van der Waals surface area (Å²) in [7, 11) is 0. The predicted molar refractivity (Wildman–Crippen MR) is 100 cm³/mol. The highest BCUT2D eigenvalue weighted by Crippen LogP contribution is 2.43. The fourth-order valence-corrected chi connectivity index (χ4v) is 4.21. The van der Waals surface area contributed by atoms with Gasteiger partial charge in [0.1, 0.15) is 5.69 Å². The van der Waals surface area contributed by atoms with Gasteiger partial charge in [-0.25, -0.2) is 0 Å². The van der Waals surface area contributed by atoms with E-state index < -0.39 is 11.7 Å². The van der Waals surface area contributed by atoms with Crippen LogP contribution in [0.1, 0.15) is 47.8 Å². The maximum Gasteiger partial charge on any atom is 0.270 e. The molecule has 0 bridgehead atoms. The van der Waals surface area contributed by atoms with Crippen molar-refractivity contribution >= 4 is 5.91 Å². The van der Waals surface area contributed by atoms with E-state index in [9.17, 15) is 14.7 Å². The van der Waals surface area contributed by atoms with E-state index in [4.69, 9.17) is 4.74 Å². The van der Waals surface area contributed by atoms with Crippen LogP contribution in [0.2, 0.25) is 0 Å². The summed E-state index contributed by atoms with van der Waals surface area (Å²) in [5.74, 6) is -0.168. The van der Waals surface area contributed by atoms with Crippen molar-refractivity contribution in [3.8, 4) is 0 Å². The lowest BCUT2D eigenvalue weighted by molar-refractivity contribution is -0.181. The van der Waals surface area contributed by atoms with E-state index in [1.165, 1.54) is 6.07 Å². The van der Waals surface area contributed by atoms with Crippen LogP contribution in [0.3, 0.4) is 0 Å². The molecule has 1 aromatic carbocycles. The molecule has 0 radical (unpaired) electrons. The fourth-order valence-electron chi connectivity index (χ4n) is 4.21. The molecule has 0 saturated carbocycles. The highest BCUT2D eigenvalue weighted by Gasteiger charge is 2.44. The molecule has 4 rings (SSSR count). The summed E-state index contributed by atoms with van der Waals surface area (Å²) in [5.41, 5.74) is 0.707. The van der Waals surface area contributed by atoms with Gasteiger partial charge >= 0.3 is 0 Å². The highest BCUT2D eigenvalue weighted by molar-refractivity contribution is 5.92. The number of hydrogen-bond donors (Lipinski definition) is 2. The number of aliphatic hydroxyl groups excluding tert-OH is 1. The molecule has 3 heterocycles. The first kappa shape index (κ1) is 17.9. The minimum absolute atomic E-state index is 0.123. The zero-order valence-corrected chi connectivity index (χ0v) is 15.1. The summed E-state index contributed by atoms with van der Waals surface area (Å²) in [6, 6.07) is 14.6. The van der Waals surface area contributed by atoms with Crippen LogP contribution in [0.5, 0.6) is 0 Å². The molecule has 142 valence electrons. The van der Waals surface area contributed by atoms with Crippen molar-refractivity contribution in [2.75, 3.05) is 13.1 Å². The molecule has 2 saturated heterocycles. The van der Waals surface area contributed by atoms with Crippen molar-refractivity contribution < 1.29 is 14.6 Å². The fraction of sp³-hybridized carbons (Fsp3) is 0.429. The second-order valence-corrected chi connectivity index (χ2v) is 7.51. The van der Waals surface area contributed by atoms with E-state index in [0.29, 0.717) is 44.5 Å². The Morgan fingerprint density at radius 1 is 1.11 bits per heavy atom. The van der Waals surface area contributed by atoms with E-state index in [1.54, 1.807) is 17.0 Å². The quantitative estimate of drug-likeness (QED) is 0.852. The largest absolute Gasteiger partial charge is 0.393 e. The minimum Gasteiger partial charge on any atom is -0.393 e. The third-order valence-corrected chi connectivity index (χ3v) is 5.62. The molecular weight excluding hydrogens is 344 g/mol. The van der Waals surface area contributed by atoms with Crippen LogP contribution >= 0.6 is 0 Å². The molecule has 6 nitrogen and oxygen atoms in total. The Balaban J connectivity index is 1.45. The first-order chi connectivity index (χ1) is 13.0. The number of benzene rings is 1. The van der Waals surface area contributed by atoms with E-state index >= 15 is 0 Å². The average Bonchev–Trinajstić information content (AvgIpc) is 2.68. The first-order valence-electron chi connectivity index (χ1n) is 9.44. The smallest absolute Gasteiger partial charge is 0.270 e. The molecule has 1 spiro atoms. The normalized spacial score (nSPS) is 24.7. The van der Waals surface area contributed by atoms with E-state index in [2.05, 4.69) is 4.98 Å². The maximum atomic E-state index is 12.6. The number of hydrogen-bond acceptors (Lipinski definition) is 4. The van der Waals surface area contributed by atoms with Gasteiger partial charge in [0.15, 0.2) is 0 Å². The van der Waals surface area contributed by atoms with Crippen LogP contribution in [0.4, 0.5) is 0 Å². The van der Waals surface area contributed by atoms with Gasteiger partial charge in [-0.05, 0) is 24.5 Å². The Hall–Kier alpha value is -2.44. The Labute approximate surface area is 157 Å². The van der Waals surface area contributed by atoms with Crippen molar-refractivity contribution in [2.24, 2.45) is 0 Å². The van der Waals surface area contributed by atoms with Crippen molar-refractivity contribution in [1.82, 2.24) is 9.88 Å². The lowest BCUT2D eigenvalue weighted by Crippen LogP contribution is -2.52. The molecule has 6 heteroatoms. The molecule has 2 aliphatic heterocycles. The van der Waals surface area contributed by atoms with Gasteiger partial charge in [-0.1, -0.05) is 36.4 Å². The molecule has 0 unspecified atom stereocenters. The van der Waals surface area contributed by atoms with Crippen LogP contribution in [-0.4, -0.2) is 45.7 Å². The van der Waals surface area contributed by atoms with Crippen molar-refractivity contribution in [3.63, 3.8) is 0 Å². The number of amides is 1. The summed E-state index contributed by atoms with van der Waals surface area (Å²) in [6.45, 7) is 1.09. The SMILES string of the molecule is O=C(c1cccc(=O)[nH]1)N1CCC2(CC1)C[C@@H](O)C[C@H](c1ccccc1)O2. The topological polar surface area (TPSA) is 82.6 Å². The second kappa shape index (κ2) is 7.29. The van der Waals surface area contributed by atoms with Crippen LogP contribution in [0.15, 0.2) is 53.3 Å². The molecule has 2 N–H and O–H groups in total. The van der Waals surface area contributed by atoms with Crippen LogP contribution < -0.4 is 5.56 Å². The molecule has 27 heavy (non-hydrogen) atoms. The molecule has 2 atom stereocenters. The number of nitrogens with one attached hydrogen (secondary N) is 1. The number of rotatable bonds is 2. The molecule has 2 fully saturated rings. The number of nitrogens with zero attached hydrogens (tertiary/aromatic N) is 1. The molecule has 0 aliphatic carbocycles. The van der Waals surface area contributed by atoms with E-state index in [-0.39, 0.29) is 17.6 Å². The van der Waals surface area contributed by atoms with Crippen molar-refractivity contribution in [2.45, 2.75) is 43.5 Å². The van der Waals surface area contributed by atoms with Crippen molar-refractivity contribution in [3.05, 3.63) is 70.1 Å². The Morgan fingerprint density at radius 2 is 1.85 bits per heavy atom. The van der Waals surface area contributed by atoms with Gasteiger partial charge in [0.2, 0.25) is 5.56 Å². The minimum atomic E-state index is -0.406. The number of H-pyrrole nitrogens is 1. The zero-order valence-electron chi connectivity index (χ0n) is 15.1. The lowest BCUT2D eigenvalue weighted by Gasteiger charge is -2.48. The number of aromatic amines is 1. The summed E-state index contributed by atoms with van der Waals surface area (Å²) in [4.78, 5) is 28.4. The van der Waals surface area contributed by atoms with Gasteiger partial charge in [-0.3, -0.25) is 9.59 Å². The zero-order chi connectivity index (χ0) is 18.9. The van der Waals surface area contributed by atoms with Gasteiger partial charge in [-0.15, -0.1) is 0 Å². The Morgan fingerprint density at radius 3 is 2.56 bits per heavy atom. The third-order valence-electron chi connectivity index (χ3n) is 5.62. The number of aromatic nitrogens is 1. The van der Waals surface area contributed by atoms with Crippen LogP contribution in [0, 0.1) is 0 Å². The number of carbonyl (C=O) groups is 1. The number of likely N-dealkylation sites (tertiary alicyclic amines) is 1. The number of piperidine rings is 1. The summed E-state index contributed by atoms with van der Waals surface area (Å²) >= 11 is 0. The lowest BCUT2D eigenvalue weighted by atomic mass is 9.81. The molecular formula is C21H24N2O4. The van der Waals surface area contributed by atoms with Gasteiger partial charge in [0, 0.05) is 32.0 Å². The molecule has 2 aliphatic rings. The van der Waals surface area contributed by atoms with E-state index in [1.807, 2.05) is 30.3 Å². The van der Waals surface area contributed by atoms with Gasteiger partial charge in [0.25, 0.3) is 5.91 Å². The number of pyridine rings is 1. The third kappa shape index (κ3) is 3.82. The summed E-state index contributed by atoms with van der Waals surface area (Å²) in [6.07, 6.45) is 2.02. The van der Waals surface area contributed by atoms with Crippen LogP contribution in [0.25, 0.3) is 0 Å².